The number of hydrogen-bond acceptors (Lipinski definition) is 4. The molecule has 1 saturated heterocycles. The minimum atomic E-state index is 0.623. The van der Waals surface area contributed by atoms with Crippen molar-refractivity contribution in [2.45, 2.75) is 0 Å². The van der Waals surface area contributed by atoms with E-state index in [4.69, 9.17) is 10.00 Å². The fraction of sp³-hybridized carbons (Fsp3) is 0.222. The lowest BCUT2D eigenvalue weighted by molar-refractivity contribution is 0.122. The average Bonchev–Trinajstić information content (AvgIpc) is 3.05. The summed E-state index contributed by atoms with van der Waals surface area (Å²) in [5, 5.41) is 8.97. The number of fused-ring (bicyclic) bond motifs is 1. The first kappa shape index (κ1) is 13.8. The zero-order valence-corrected chi connectivity index (χ0v) is 12.6. The molecular formula is C18H16N4O. The van der Waals surface area contributed by atoms with Crippen LogP contribution in [0.3, 0.4) is 0 Å². The van der Waals surface area contributed by atoms with Crippen LogP contribution in [0, 0.1) is 11.3 Å². The molecule has 2 aromatic carbocycles. The van der Waals surface area contributed by atoms with Crippen LogP contribution in [0.25, 0.3) is 22.4 Å². The maximum atomic E-state index is 8.97. The number of nitriles is 1. The van der Waals surface area contributed by atoms with Crippen molar-refractivity contribution >= 4 is 16.7 Å². The van der Waals surface area contributed by atoms with E-state index in [1.165, 1.54) is 5.69 Å². The zero-order chi connectivity index (χ0) is 15.6. The lowest BCUT2D eigenvalue weighted by Gasteiger charge is -2.28. The van der Waals surface area contributed by atoms with Gasteiger partial charge >= 0.3 is 0 Å². The summed E-state index contributed by atoms with van der Waals surface area (Å²) in [6.45, 7) is 3.43. The molecule has 23 heavy (non-hydrogen) atoms. The van der Waals surface area contributed by atoms with Gasteiger partial charge < -0.3 is 14.6 Å². The van der Waals surface area contributed by atoms with E-state index in [9.17, 15) is 0 Å². The number of imidazole rings is 1. The van der Waals surface area contributed by atoms with Gasteiger partial charge in [-0.2, -0.15) is 5.26 Å². The van der Waals surface area contributed by atoms with Crippen LogP contribution < -0.4 is 4.90 Å². The molecule has 1 aliphatic rings. The summed E-state index contributed by atoms with van der Waals surface area (Å²) in [5.74, 6) is 0.823. The Morgan fingerprint density at radius 1 is 1.09 bits per heavy atom. The number of nitrogens with one attached hydrogen (secondary N) is 1. The standard InChI is InChI=1S/C18H16N4O/c19-12-13-1-6-16-17(11-13)21-18(20-16)14-2-4-15(5-3-14)22-7-9-23-10-8-22/h1-6,11H,7-10H2,(H,20,21). The number of morpholine rings is 1. The molecule has 0 bridgehead atoms. The van der Waals surface area contributed by atoms with Gasteiger partial charge in [0, 0.05) is 24.3 Å². The predicted molar refractivity (Wildman–Crippen MR) is 89.3 cm³/mol. The van der Waals surface area contributed by atoms with Gasteiger partial charge in [-0.05, 0) is 42.5 Å². The molecule has 0 saturated carbocycles. The third kappa shape index (κ3) is 2.65. The number of nitrogens with zero attached hydrogens (tertiary/aromatic N) is 3. The van der Waals surface area contributed by atoms with Crippen LogP contribution in [0.5, 0.6) is 0 Å². The SMILES string of the molecule is N#Cc1ccc2[nH]c(-c3ccc(N4CCOCC4)cc3)nc2c1. The van der Waals surface area contributed by atoms with Crippen molar-refractivity contribution in [3.8, 4) is 17.5 Å². The summed E-state index contributed by atoms with van der Waals surface area (Å²) in [7, 11) is 0. The largest absolute Gasteiger partial charge is 0.378 e. The van der Waals surface area contributed by atoms with Crippen LogP contribution in [-0.2, 0) is 4.74 Å². The maximum Gasteiger partial charge on any atom is 0.138 e. The molecule has 3 aromatic rings. The molecule has 0 atom stereocenters. The highest BCUT2D eigenvalue weighted by molar-refractivity contribution is 5.80. The van der Waals surface area contributed by atoms with Crippen molar-refractivity contribution in [1.29, 1.82) is 5.26 Å². The normalized spacial score (nSPS) is 14.8. The molecule has 5 nitrogen and oxygen atoms in total. The lowest BCUT2D eigenvalue weighted by Crippen LogP contribution is -2.36. The van der Waals surface area contributed by atoms with E-state index < -0.39 is 0 Å². The number of aromatic amines is 1. The van der Waals surface area contributed by atoms with Gasteiger partial charge in [0.2, 0.25) is 0 Å². The molecule has 1 fully saturated rings. The molecule has 4 rings (SSSR count). The van der Waals surface area contributed by atoms with Gasteiger partial charge in [-0.15, -0.1) is 0 Å². The van der Waals surface area contributed by atoms with Gasteiger partial charge in [0.05, 0.1) is 35.9 Å². The van der Waals surface area contributed by atoms with Crippen LogP contribution in [0.2, 0.25) is 0 Å². The summed E-state index contributed by atoms with van der Waals surface area (Å²) >= 11 is 0. The van der Waals surface area contributed by atoms with Gasteiger partial charge in [0.1, 0.15) is 5.82 Å². The van der Waals surface area contributed by atoms with Crippen LogP contribution in [0.1, 0.15) is 5.56 Å². The number of ether oxygens (including phenoxy) is 1. The van der Waals surface area contributed by atoms with E-state index >= 15 is 0 Å². The Balaban J connectivity index is 1.63. The fourth-order valence-electron chi connectivity index (χ4n) is 2.86. The molecule has 1 N–H and O–H groups in total. The van der Waals surface area contributed by atoms with E-state index in [-0.39, 0.29) is 0 Å². The summed E-state index contributed by atoms with van der Waals surface area (Å²) in [6, 6.07) is 16.0. The number of anilines is 1. The monoisotopic (exact) mass is 304 g/mol. The Labute approximate surface area is 134 Å². The number of rotatable bonds is 2. The Bertz CT molecular complexity index is 870. The van der Waals surface area contributed by atoms with Gasteiger partial charge in [-0.3, -0.25) is 0 Å². The van der Waals surface area contributed by atoms with Crippen LogP contribution in [-0.4, -0.2) is 36.3 Å². The molecule has 0 radical (unpaired) electrons. The summed E-state index contributed by atoms with van der Waals surface area (Å²) < 4.78 is 5.39. The highest BCUT2D eigenvalue weighted by Crippen LogP contribution is 2.24. The number of aromatic nitrogens is 2. The van der Waals surface area contributed by atoms with Crippen molar-refractivity contribution in [3.05, 3.63) is 48.0 Å². The minimum absolute atomic E-state index is 0.623. The second-order valence-corrected chi connectivity index (χ2v) is 5.58. The highest BCUT2D eigenvalue weighted by Gasteiger charge is 2.12. The van der Waals surface area contributed by atoms with E-state index in [1.807, 2.05) is 6.07 Å². The lowest BCUT2D eigenvalue weighted by atomic mass is 10.2. The molecule has 0 spiro atoms. The number of hydrogen-bond donors (Lipinski definition) is 1. The van der Waals surface area contributed by atoms with Crippen molar-refractivity contribution in [2.75, 3.05) is 31.2 Å². The van der Waals surface area contributed by atoms with Crippen molar-refractivity contribution in [1.82, 2.24) is 9.97 Å². The molecule has 0 amide bonds. The third-order valence-corrected chi connectivity index (χ3v) is 4.13. The smallest absolute Gasteiger partial charge is 0.138 e. The predicted octanol–water partition coefficient (Wildman–Crippen LogP) is 2.94. The van der Waals surface area contributed by atoms with E-state index in [2.05, 4.69) is 45.2 Å². The molecule has 114 valence electrons. The Morgan fingerprint density at radius 2 is 1.87 bits per heavy atom. The molecule has 1 aromatic heterocycles. The third-order valence-electron chi connectivity index (χ3n) is 4.13. The summed E-state index contributed by atoms with van der Waals surface area (Å²) in [5.41, 5.74) is 4.63. The van der Waals surface area contributed by atoms with Crippen molar-refractivity contribution < 1.29 is 4.74 Å². The Morgan fingerprint density at radius 3 is 2.61 bits per heavy atom. The molecule has 0 unspecified atom stereocenters. The quantitative estimate of drug-likeness (QED) is 0.790. The van der Waals surface area contributed by atoms with Gasteiger partial charge in [0.15, 0.2) is 0 Å². The first-order chi connectivity index (χ1) is 11.3. The zero-order valence-electron chi connectivity index (χ0n) is 12.6. The fourth-order valence-corrected chi connectivity index (χ4v) is 2.86. The average molecular weight is 304 g/mol. The van der Waals surface area contributed by atoms with Crippen molar-refractivity contribution in [2.24, 2.45) is 0 Å². The van der Waals surface area contributed by atoms with Crippen LogP contribution >= 0.6 is 0 Å². The second-order valence-electron chi connectivity index (χ2n) is 5.58. The minimum Gasteiger partial charge on any atom is -0.378 e. The van der Waals surface area contributed by atoms with E-state index in [1.54, 1.807) is 12.1 Å². The molecule has 0 aliphatic carbocycles. The second kappa shape index (κ2) is 5.75. The Kier molecular flexibility index (Phi) is 3.45. The number of benzene rings is 2. The van der Waals surface area contributed by atoms with Crippen LogP contribution in [0.4, 0.5) is 5.69 Å². The van der Waals surface area contributed by atoms with E-state index in [0.29, 0.717) is 5.56 Å². The Hall–Kier alpha value is -2.84. The van der Waals surface area contributed by atoms with Crippen LogP contribution in [0.15, 0.2) is 42.5 Å². The molecule has 1 aliphatic heterocycles. The molecule has 5 heteroatoms. The van der Waals surface area contributed by atoms with Gasteiger partial charge in [-0.1, -0.05) is 0 Å². The summed E-state index contributed by atoms with van der Waals surface area (Å²) in [4.78, 5) is 10.2. The van der Waals surface area contributed by atoms with Gasteiger partial charge in [-0.25, -0.2) is 4.98 Å². The first-order valence-corrected chi connectivity index (χ1v) is 7.66. The first-order valence-electron chi connectivity index (χ1n) is 7.66. The molecule has 2 heterocycles. The topological polar surface area (TPSA) is 64.9 Å². The summed E-state index contributed by atoms with van der Waals surface area (Å²) in [6.07, 6.45) is 0. The highest BCUT2D eigenvalue weighted by atomic mass is 16.5. The number of H-pyrrole nitrogens is 1. The maximum absolute atomic E-state index is 8.97. The van der Waals surface area contributed by atoms with Crippen molar-refractivity contribution in [3.63, 3.8) is 0 Å². The van der Waals surface area contributed by atoms with E-state index in [0.717, 1.165) is 48.7 Å². The van der Waals surface area contributed by atoms with Gasteiger partial charge in [0.25, 0.3) is 0 Å². The molecular weight excluding hydrogens is 288 g/mol.